The Bertz CT molecular complexity index is 643. The fraction of sp³-hybridized carbons (Fsp3) is 0.500. The highest BCUT2D eigenvalue weighted by Gasteiger charge is 2.35. The van der Waals surface area contributed by atoms with Crippen LogP contribution in [0.2, 0.25) is 0 Å². The predicted molar refractivity (Wildman–Crippen MR) is 61.4 cm³/mol. The molecule has 8 nitrogen and oxygen atoms in total. The Morgan fingerprint density at radius 1 is 1.56 bits per heavy atom. The topological polar surface area (TPSA) is 119 Å². The summed E-state index contributed by atoms with van der Waals surface area (Å²) in [5, 5.41) is 19.1. The first-order valence-corrected chi connectivity index (χ1v) is 5.37. The number of nitrogen functional groups attached to an aromatic ring is 1. The number of anilines is 1. The van der Waals surface area contributed by atoms with E-state index in [-0.39, 0.29) is 12.2 Å². The van der Waals surface area contributed by atoms with Crippen LogP contribution in [0.5, 0.6) is 0 Å². The van der Waals surface area contributed by atoms with E-state index in [2.05, 4.69) is 15.0 Å². The molecule has 0 spiro atoms. The second-order valence-corrected chi connectivity index (χ2v) is 4.03. The summed E-state index contributed by atoms with van der Waals surface area (Å²) in [6.07, 6.45) is -0.315. The van der Waals surface area contributed by atoms with Crippen molar-refractivity contribution >= 4 is 17.0 Å². The van der Waals surface area contributed by atoms with Crippen LogP contribution in [0.1, 0.15) is 15.4 Å². The third kappa shape index (κ3) is 1.62. The zero-order valence-corrected chi connectivity index (χ0v) is 9.26. The molecule has 0 bridgehead atoms. The maximum Gasteiger partial charge on any atom is 0.167 e. The van der Waals surface area contributed by atoms with Gasteiger partial charge in [0.1, 0.15) is 24.2 Å². The molecule has 1 saturated heterocycles. The van der Waals surface area contributed by atoms with Gasteiger partial charge in [0.2, 0.25) is 0 Å². The normalized spacial score (nSPS) is 30.4. The molecule has 0 radical (unpaired) electrons. The highest BCUT2D eigenvalue weighted by molar-refractivity contribution is 5.81. The van der Waals surface area contributed by atoms with Crippen molar-refractivity contribution in [1.82, 2.24) is 19.5 Å². The van der Waals surface area contributed by atoms with Crippen molar-refractivity contribution in [2.45, 2.75) is 24.9 Å². The first-order chi connectivity index (χ1) is 9.38. The molecule has 18 heavy (non-hydrogen) atoms. The van der Waals surface area contributed by atoms with Gasteiger partial charge in [0.05, 0.1) is 21.7 Å². The first-order valence-electron chi connectivity index (χ1n) is 6.37. The van der Waals surface area contributed by atoms with Crippen LogP contribution in [-0.4, -0.2) is 48.5 Å². The van der Waals surface area contributed by atoms with E-state index in [0.29, 0.717) is 11.2 Å². The number of aliphatic hydroxyl groups is 2. The summed E-state index contributed by atoms with van der Waals surface area (Å²) >= 11 is 0. The quantitative estimate of drug-likeness (QED) is 0.631. The number of ether oxygens (including phenoxy) is 1. The molecular formula is C10H13N5O3. The molecule has 3 heterocycles. The number of aromatic nitrogens is 4. The maximum absolute atomic E-state index is 9.80. The minimum atomic E-state index is -2.63. The van der Waals surface area contributed by atoms with Crippen LogP contribution in [0, 0.1) is 0 Å². The molecule has 0 aliphatic carbocycles. The number of hydrogen-bond donors (Lipinski definition) is 3. The maximum atomic E-state index is 9.80. The second kappa shape index (κ2) is 4.16. The Kier molecular flexibility index (Phi) is 2.13. The van der Waals surface area contributed by atoms with Crippen molar-refractivity contribution in [3.63, 3.8) is 0 Å². The van der Waals surface area contributed by atoms with Crippen LogP contribution in [0.3, 0.4) is 0 Å². The van der Waals surface area contributed by atoms with Crippen LogP contribution in [-0.2, 0) is 4.74 Å². The summed E-state index contributed by atoms with van der Waals surface area (Å²) in [6.45, 7) is -2.63. The lowest BCUT2D eigenvalue weighted by Crippen LogP contribution is -2.24. The molecule has 3 rings (SSSR count). The molecule has 1 fully saturated rings. The highest BCUT2D eigenvalue weighted by Crippen LogP contribution is 2.30. The molecule has 3 atom stereocenters. The van der Waals surface area contributed by atoms with Crippen molar-refractivity contribution in [3.8, 4) is 0 Å². The molecule has 0 aromatic carbocycles. The van der Waals surface area contributed by atoms with E-state index in [4.69, 9.17) is 13.2 Å². The minimum absolute atomic E-state index is 0.111. The standard InChI is InChI=1S/C10H13N5O3/c11-9-8-10(13-3-12-9)15(4-14-8)7-1-5(17)6(2-16)18-7/h3-7,16-17H,1-2H2,(H2,11,12,13)/t5-,6+,7+/m0/s1/i2D2. The van der Waals surface area contributed by atoms with Gasteiger partial charge in [-0.15, -0.1) is 0 Å². The number of nitrogens with zero attached hydrogens (tertiary/aromatic N) is 4. The lowest BCUT2D eigenvalue weighted by molar-refractivity contribution is -0.0432. The third-order valence-corrected chi connectivity index (χ3v) is 2.92. The van der Waals surface area contributed by atoms with Gasteiger partial charge in [-0.3, -0.25) is 4.57 Å². The van der Waals surface area contributed by atoms with Crippen LogP contribution >= 0.6 is 0 Å². The summed E-state index contributed by atoms with van der Waals surface area (Å²) in [4.78, 5) is 11.9. The molecule has 1 aliphatic heterocycles. The molecule has 4 N–H and O–H groups in total. The van der Waals surface area contributed by atoms with Gasteiger partial charge in [0.15, 0.2) is 11.5 Å². The number of imidazole rings is 1. The van der Waals surface area contributed by atoms with E-state index in [1.54, 1.807) is 0 Å². The molecule has 2 aromatic rings. The van der Waals surface area contributed by atoms with Gasteiger partial charge in [-0.1, -0.05) is 0 Å². The number of fused-ring (bicyclic) bond motifs is 1. The van der Waals surface area contributed by atoms with Crippen LogP contribution in [0.15, 0.2) is 12.7 Å². The Hall–Kier alpha value is -1.77. The molecule has 0 saturated carbocycles. The fourth-order valence-corrected chi connectivity index (χ4v) is 2.02. The van der Waals surface area contributed by atoms with Gasteiger partial charge in [-0.05, 0) is 0 Å². The SMILES string of the molecule is [2H]C([2H])(O)[C@H]1O[C@@H](n2cnc3c(N)ncnc32)C[C@@H]1O. The Labute approximate surface area is 105 Å². The Morgan fingerprint density at radius 3 is 3.11 bits per heavy atom. The van der Waals surface area contributed by atoms with Crippen LogP contribution in [0.25, 0.3) is 11.2 Å². The number of nitrogens with two attached hydrogens (primary N) is 1. The van der Waals surface area contributed by atoms with Gasteiger partial charge < -0.3 is 20.7 Å². The summed E-state index contributed by atoms with van der Waals surface area (Å²) in [7, 11) is 0. The smallest absolute Gasteiger partial charge is 0.167 e. The van der Waals surface area contributed by atoms with Crippen molar-refractivity contribution < 1.29 is 17.7 Å². The van der Waals surface area contributed by atoms with E-state index in [1.807, 2.05) is 0 Å². The summed E-state index contributed by atoms with van der Waals surface area (Å²) in [5.74, 6) is 0.223. The summed E-state index contributed by atoms with van der Waals surface area (Å²) < 4.78 is 21.4. The third-order valence-electron chi connectivity index (χ3n) is 2.92. The average molecular weight is 253 g/mol. The predicted octanol–water partition coefficient (Wildman–Crippen LogP) is -0.951. The summed E-state index contributed by atoms with van der Waals surface area (Å²) in [6, 6.07) is 0. The number of aliphatic hydroxyl groups excluding tert-OH is 1. The zero-order chi connectivity index (χ0) is 14.5. The summed E-state index contributed by atoms with van der Waals surface area (Å²) in [5.41, 5.74) is 6.50. The second-order valence-electron chi connectivity index (χ2n) is 4.03. The first kappa shape index (κ1) is 9.20. The van der Waals surface area contributed by atoms with Gasteiger partial charge in [0, 0.05) is 6.42 Å². The Morgan fingerprint density at radius 2 is 2.39 bits per heavy atom. The molecule has 2 aromatic heterocycles. The van der Waals surface area contributed by atoms with Crippen molar-refractivity contribution in [2.24, 2.45) is 0 Å². The van der Waals surface area contributed by atoms with E-state index in [1.165, 1.54) is 17.2 Å². The van der Waals surface area contributed by atoms with Crippen molar-refractivity contribution in [2.75, 3.05) is 12.3 Å². The van der Waals surface area contributed by atoms with Gasteiger partial charge in [-0.2, -0.15) is 0 Å². The molecule has 0 unspecified atom stereocenters. The van der Waals surface area contributed by atoms with Crippen LogP contribution in [0.4, 0.5) is 5.82 Å². The van der Waals surface area contributed by atoms with Gasteiger partial charge >= 0.3 is 0 Å². The van der Waals surface area contributed by atoms with Crippen molar-refractivity contribution in [1.29, 1.82) is 0 Å². The average Bonchev–Trinajstić information content (AvgIpc) is 2.92. The van der Waals surface area contributed by atoms with E-state index in [9.17, 15) is 10.2 Å². The van der Waals surface area contributed by atoms with E-state index < -0.39 is 25.0 Å². The minimum Gasteiger partial charge on any atom is -0.394 e. The monoisotopic (exact) mass is 253 g/mol. The van der Waals surface area contributed by atoms with Crippen LogP contribution < -0.4 is 5.73 Å². The largest absolute Gasteiger partial charge is 0.394 e. The number of hydrogen-bond acceptors (Lipinski definition) is 7. The van der Waals surface area contributed by atoms with Crippen molar-refractivity contribution in [3.05, 3.63) is 12.7 Å². The molecule has 8 heteroatoms. The molecule has 96 valence electrons. The Balaban J connectivity index is 1.96. The zero-order valence-electron chi connectivity index (χ0n) is 11.3. The lowest BCUT2D eigenvalue weighted by Gasteiger charge is -2.13. The highest BCUT2D eigenvalue weighted by atomic mass is 16.5. The van der Waals surface area contributed by atoms with E-state index in [0.717, 1.165) is 0 Å². The fourth-order valence-electron chi connectivity index (χ4n) is 2.02. The van der Waals surface area contributed by atoms with Gasteiger partial charge in [0.25, 0.3) is 0 Å². The lowest BCUT2D eigenvalue weighted by atomic mass is 10.2. The van der Waals surface area contributed by atoms with E-state index >= 15 is 0 Å². The molecular weight excluding hydrogens is 238 g/mol. The molecule has 0 amide bonds. The van der Waals surface area contributed by atoms with Gasteiger partial charge in [-0.25, -0.2) is 15.0 Å². The number of rotatable bonds is 2. The molecule has 1 aliphatic rings.